The van der Waals surface area contributed by atoms with Gasteiger partial charge in [0.15, 0.2) is 0 Å². The van der Waals surface area contributed by atoms with Crippen LogP contribution < -0.4 is 5.32 Å². The van der Waals surface area contributed by atoms with Crippen LogP contribution >= 0.6 is 0 Å². The number of carbonyl (C=O) groups excluding carboxylic acids is 4. The SMILES string of the molecule is O=C1CCC(C(=O)ON2C(=O)c3ccccc3C2=O)(c2ccccc2)CN1. The number of benzene rings is 2. The van der Waals surface area contributed by atoms with Crippen LogP contribution in [0.2, 0.25) is 0 Å². The van der Waals surface area contributed by atoms with Crippen LogP contribution in [0.4, 0.5) is 0 Å². The Morgan fingerprint density at radius 1 is 0.926 bits per heavy atom. The summed E-state index contributed by atoms with van der Waals surface area (Å²) >= 11 is 0. The van der Waals surface area contributed by atoms with E-state index in [1.807, 2.05) is 6.07 Å². The van der Waals surface area contributed by atoms with E-state index in [0.29, 0.717) is 10.6 Å². The number of carbonyl (C=O) groups is 4. The summed E-state index contributed by atoms with van der Waals surface area (Å²) in [6, 6.07) is 15.2. The van der Waals surface area contributed by atoms with Crippen LogP contribution in [0.25, 0.3) is 0 Å². The van der Waals surface area contributed by atoms with Gasteiger partial charge >= 0.3 is 5.97 Å². The third kappa shape index (κ3) is 2.68. The molecule has 7 nitrogen and oxygen atoms in total. The maximum absolute atomic E-state index is 13.1. The molecular formula is C20H16N2O5. The topological polar surface area (TPSA) is 92.8 Å². The van der Waals surface area contributed by atoms with Gasteiger partial charge in [0.2, 0.25) is 5.91 Å². The average Bonchev–Trinajstić information content (AvgIpc) is 2.94. The summed E-state index contributed by atoms with van der Waals surface area (Å²) in [5.74, 6) is -2.25. The zero-order chi connectivity index (χ0) is 19.0. The smallest absolute Gasteiger partial charge is 0.345 e. The molecule has 2 aromatic carbocycles. The third-order valence-electron chi connectivity index (χ3n) is 5.01. The second kappa shape index (κ2) is 6.35. The first-order valence-corrected chi connectivity index (χ1v) is 8.55. The molecule has 0 aliphatic carbocycles. The minimum Gasteiger partial charge on any atom is -0.355 e. The van der Waals surface area contributed by atoms with Gasteiger partial charge in [-0.05, 0) is 24.1 Å². The molecule has 2 heterocycles. The van der Waals surface area contributed by atoms with Crippen molar-refractivity contribution in [2.45, 2.75) is 18.3 Å². The Morgan fingerprint density at radius 3 is 2.07 bits per heavy atom. The standard InChI is InChI=1S/C20H16N2O5/c23-16-10-11-20(12-21-16,13-6-2-1-3-7-13)19(26)27-22-17(24)14-8-4-5-9-15(14)18(22)25/h1-9H,10-12H2,(H,21,23). The number of nitrogens with zero attached hydrogens (tertiary/aromatic N) is 1. The molecule has 2 aliphatic heterocycles. The maximum atomic E-state index is 13.1. The zero-order valence-electron chi connectivity index (χ0n) is 14.3. The molecule has 27 heavy (non-hydrogen) atoms. The lowest BCUT2D eigenvalue weighted by Gasteiger charge is -2.35. The molecule has 0 radical (unpaired) electrons. The van der Waals surface area contributed by atoms with Crippen LogP contribution in [0.1, 0.15) is 39.1 Å². The fourth-order valence-corrected chi connectivity index (χ4v) is 3.47. The van der Waals surface area contributed by atoms with Gasteiger partial charge in [-0.15, -0.1) is 0 Å². The summed E-state index contributed by atoms with van der Waals surface area (Å²) in [5.41, 5.74) is -0.113. The molecule has 4 rings (SSSR count). The van der Waals surface area contributed by atoms with Gasteiger partial charge in [0.1, 0.15) is 5.41 Å². The molecule has 1 saturated heterocycles. The second-order valence-electron chi connectivity index (χ2n) is 6.55. The van der Waals surface area contributed by atoms with Crippen molar-refractivity contribution in [3.63, 3.8) is 0 Å². The van der Waals surface area contributed by atoms with Crippen LogP contribution in [0, 0.1) is 0 Å². The molecule has 0 saturated carbocycles. The highest BCUT2D eigenvalue weighted by molar-refractivity contribution is 6.21. The van der Waals surface area contributed by atoms with Crippen LogP contribution in [-0.4, -0.2) is 35.3 Å². The number of piperidine rings is 1. The zero-order valence-corrected chi connectivity index (χ0v) is 14.3. The summed E-state index contributed by atoms with van der Waals surface area (Å²) in [4.78, 5) is 55.0. The number of rotatable bonds is 3. The van der Waals surface area contributed by atoms with E-state index in [1.54, 1.807) is 36.4 Å². The summed E-state index contributed by atoms with van der Waals surface area (Å²) < 4.78 is 0. The summed E-state index contributed by atoms with van der Waals surface area (Å²) in [6.45, 7) is 0.0395. The van der Waals surface area contributed by atoms with Crippen molar-refractivity contribution in [2.75, 3.05) is 6.54 Å². The molecule has 1 fully saturated rings. The van der Waals surface area contributed by atoms with Crippen molar-refractivity contribution in [1.82, 2.24) is 10.4 Å². The number of hydrogen-bond donors (Lipinski definition) is 1. The predicted octanol–water partition coefficient (Wildman–Crippen LogP) is 1.59. The van der Waals surface area contributed by atoms with Crippen LogP contribution in [-0.2, 0) is 19.8 Å². The van der Waals surface area contributed by atoms with E-state index in [4.69, 9.17) is 4.84 Å². The van der Waals surface area contributed by atoms with E-state index >= 15 is 0 Å². The lowest BCUT2D eigenvalue weighted by atomic mass is 9.74. The highest BCUT2D eigenvalue weighted by Crippen LogP contribution is 2.34. The van der Waals surface area contributed by atoms with Crippen molar-refractivity contribution in [1.29, 1.82) is 0 Å². The Hall–Kier alpha value is -3.48. The first kappa shape index (κ1) is 17.0. The molecule has 0 bridgehead atoms. The van der Waals surface area contributed by atoms with Gasteiger partial charge in [0, 0.05) is 13.0 Å². The first-order chi connectivity index (χ1) is 13.0. The molecule has 136 valence electrons. The molecule has 1 N–H and O–H groups in total. The third-order valence-corrected chi connectivity index (χ3v) is 5.01. The predicted molar refractivity (Wildman–Crippen MR) is 93.4 cm³/mol. The molecule has 0 aromatic heterocycles. The number of imide groups is 1. The fourth-order valence-electron chi connectivity index (χ4n) is 3.47. The largest absolute Gasteiger partial charge is 0.355 e. The van der Waals surface area contributed by atoms with Crippen LogP contribution in [0.3, 0.4) is 0 Å². The van der Waals surface area contributed by atoms with Crippen LogP contribution in [0.5, 0.6) is 0 Å². The van der Waals surface area contributed by atoms with E-state index in [9.17, 15) is 19.2 Å². The number of amides is 3. The molecular weight excluding hydrogens is 348 g/mol. The van der Waals surface area contributed by atoms with E-state index in [2.05, 4.69) is 5.32 Å². The van der Waals surface area contributed by atoms with Gasteiger partial charge < -0.3 is 10.2 Å². The number of nitrogens with one attached hydrogen (secondary N) is 1. The van der Waals surface area contributed by atoms with Gasteiger partial charge in [0.25, 0.3) is 11.8 Å². The van der Waals surface area contributed by atoms with Gasteiger partial charge in [-0.3, -0.25) is 14.4 Å². The van der Waals surface area contributed by atoms with Gasteiger partial charge in [-0.2, -0.15) is 0 Å². The van der Waals surface area contributed by atoms with E-state index in [1.165, 1.54) is 12.1 Å². The van der Waals surface area contributed by atoms with Gasteiger partial charge in [-0.1, -0.05) is 47.5 Å². The Kier molecular flexibility index (Phi) is 3.99. The monoisotopic (exact) mass is 364 g/mol. The number of hydroxylamine groups is 2. The summed E-state index contributed by atoms with van der Waals surface area (Å²) in [5, 5.41) is 3.20. The number of hydrogen-bond acceptors (Lipinski definition) is 5. The summed E-state index contributed by atoms with van der Waals surface area (Å²) in [7, 11) is 0. The maximum Gasteiger partial charge on any atom is 0.345 e. The second-order valence-corrected chi connectivity index (χ2v) is 6.55. The first-order valence-electron chi connectivity index (χ1n) is 8.55. The number of fused-ring (bicyclic) bond motifs is 1. The summed E-state index contributed by atoms with van der Waals surface area (Å²) in [6.07, 6.45) is 0.372. The Balaban J connectivity index is 1.65. The minimum absolute atomic E-state index is 0.0395. The Bertz CT molecular complexity index is 909. The van der Waals surface area contributed by atoms with Crippen molar-refractivity contribution in [3.8, 4) is 0 Å². The van der Waals surface area contributed by atoms with Crippen LogP contribution in [0.15, 0.2) is 54.6 Å². The normalized spacial score (nSPS) is 21.6. The van der Waals surface area contributed by atoms with Gasteiger partial charge in [0.05, 0.1) is 11.1 Å². The highest BCUT2D eigenvalue weighted by atomic mass is 16.7. The lowest BCUT2D eigenvalue weighted by molar-refractivity contribution is -0.177. The lowest BCUT2D eigenvalue weighted by Crippen LogP contribution is -2.53. The van der Waals surface area contributed by atoms with E-state index in [-0.39, 0.29) is 36.4 Å². The molecule has 2 aromatic rings. The Labute approximate surface area is 154 Å². The Morgan fingerprint density at radius 2 is 1.52 bits per heavy atom. The minimum atomic E-state index is -1.16. The molecule has 2 aliphatic rings. The fraction of sp³-hybridized carbons (Fsp3) is 0.200. The van der Waals surface area contributed by atoms with E-state index in [0.717, 1.165) is 0 Å². The molecule has 1 unspecified atom stereocenters. The highest BCUT2D eigenvalue weighted by Gasteiger charge is 2.48. The molecule has 7 heteroatoms. The van der Waals surface area contributed by atoms with Crippen molar-refractivity contribution in [3.05, 3.63) is 71.3 Å². The van der Waals surface area contributed by atoms with Crippen molar-refractivity contribution < 1.29 is 24.0 Å². The average molecular weight is 364 g/mol. The van der Waals surface area contributed by atoms with Gasteiger partial charge in [-0.25, -0.2) is 4.79 Å². The molecule has 1 atom stereocenters. The quantitative estimate of drug-likeness (QED) is 0.835. The van der Waals surface area contributed by atoms with E-state index < -0.39 is 23.2 Å². The van der Waals surface area contributed by atoms with Crippen molar-refractivity contribution in [2.24, 2.45) is 0 Å². The van der Waals surface area contributed by atoms with Crippen molar-refractivity contribution >= 4 is 23.7 Å². The molecule has 3 amide bonds. The molecule has 0 spiro atoms.